The van der Waals surface area contributed by atoms with Crippen molar-refractivity contribution in [3.8, 4) is 22.3 Å². The molecule has 1 saturated carbocycles. The van der Waals surface area contributed by atoms with E-state index in [9.17, 15) is 0 Å². The molecule has 3 nitrogen and oxygen atoms in total. The molecule has 0 saturated heterocycles. The largest absolute Gasteiger partial charge is 0.335 e. The number of rotatable bonds is 5. The van der Waals surface area contributed by atoms with Gasteiger partial charge in [-0.3, -0.25) is 0 Å². The van der Waals surface area contributed by atoms with Crippen LogP contribution in [0.2, 0.25) is 0 Å². The van der Waals surface area contributed by atoms with Crippen molar-refractivity contribution < 1.29 is 0 Å². The third-order valence-corrected chi connectivity index (χ3v) is 19.9. The first-order valence-corrected chi connectivity index (χ1v) is 29.6. The third kappa shape index (κ3) is 8.26. The fourth-order valence-corrected chi connectivity index (χ4v) is 14.7. The number of hydrogen-bond donors (Lipinski definition) is 0. The Labute approximate surface area is 475 Å². The van der Waals surface area contributed by atoms with Gasteiger partial charge in [0, 0.05) is 56.2 Å². The summed E-state index contributed by atoms with van der Waals surface area (Å²) in [5.41, 5.74) is 25.0. The van der Waals surface area contributed by atoms with Gasteiger partial charge in [-0.15, -0.1) is 0 Å². The summed E-state index contributed by atoms with van der Waals surface area (Å²) < 4.78 is 0. The Morgan fingerprint density at radius 2 is 0.823 bits per heavy atom. The smallest absolute Gasteiger partial charge is 0.252 e. The van der Waals surface area contributed by atoms with Crippen molar-refractivity contribution in [2.75, 3.05) is 14.7 Å². The molecule has 3 heterocycles. The predicted molar refractivity (Wildman–Crippen MR) is 343 cm³/mol. The van der Waals surface area contributed by atoms with Gasteiger partial charge >= 0.3 is 0 Å². The van der Waals surface area contributed by atoms with Crippen LogP contribution in [-0.2, 0) is 27.1 Å². The van der Waals surface area contributed by atoms with Crippen LogP contribution in [0.15, 0.2) is 170 Å². The molecule has 79 heavy (non-hydrogen) atoms. The molecule has 3 aliphatic heterocycles. The topological polar surface area (TPSA) is 9.72 Å². The van der Waals surface area contributed by atoms with Crippen molar-refractivity contribution in [2.45, 2.75) is 169 Å². The van der Waals surface area contributed by atoms with Crippen molar-refractivity contribution in [2.24, 2.45) is 5.41 Å². The van der Waals surface area contributed by atoms with Crippen LogP contribution in [0.3, 0.4) is 0 Å². The van der Waals surface area contributed by atoms with Gasteiger partial charge in [0.1, 0.15) is 0 Å². The Morgan fingerprint density at radius 3 is 1.35 bits per heavy atom. The first-order valence-electron chi connectivity index (χ1n) is 29.6. The molecule has 0 N–H and O–H groups in total. The molecule has 1 aliphatic carbocycles. The Bertz CT molecular complexity index is 3690. The second-order valence-electron chi connectivity index (χ2n) is 29.0. The van der Waals surface area contributed by atoms with Crippen LogP contribution in [0, 0.1) is 5.41 Å². The Kier molecular flexibility index (Phi) is 12.1. The number of benzene rings is 8. The van der Waals surface area contributed by atoms with Crippen LogP contribution in [0.25, 0.3) is 22.3 Å². The molecule has 4 aliphatic rings. The van der Waals surface area contributed by atoms with Crippen LogP contribution >= 0.6 is 0 Å². The maximum absolute atomic E-state index is 2.86. The molecule has 402 valence electrons. The summed E-state index contributed by atoms with van der Waals surface area (Å²) in [7, 11) is 0. The van der Waals surface area contributed by atoms with E-state index in [1.807, 2.05) is 0 Å². The standard InChI is InChI=1S/C75H84BN3/c1-69(2,3)51-34-38-61(56(43-51)49-27-19-17-20-28-49)77-64-40-36-53(71(7,8)9)45-60(64)76-59-37-33-54(72(10,11)12)46-65(59)78(62-39-35-52(70(4,5)6)44-57(62)50-29-21-18-22-30-50)67-48-55(47-66(77)68(67)76)79-63-32-24-23-31-58(63)73(13,14)74(15)41-25-26-42-75(74,79)16/h17-24,27-40,43-48H,25-26,41-42H2,1-16H3. The molecule has 12 rings (SSSR count). The molecule has 0 radical (unpaired) electrons. The minimum Gasteiger partial charge on any atom is -0.335 e. The lowest BCUT2D eigenvalue weighted by Gasteiger charge is -2.66. The van der Waals surface area contributed by atoms with Crippen LogP contribution < -0.4 is 31.1 Å². The van der Waals surface area contributed by atoms with E-state index in [1.165, 1.54) is 131 Å². The minimum absolute atomic E-state index is 0.0294. The van der Waals surface area contributed by atoms with Crippen molar-refractivity contribution >= 4 is 68.6 Å². The van der Waals surface area contributed by atoms with Gasteiger partial charge in [-0.05, 0) is 157 Å². The van der Waals surface area contributed by atoms with E-state index >= 15 is 0 Å². The lowest BCUT2D eigenvalue weighted by atomic mass is 9.33. The number of nitrogens with zero attached hydrogens (tertiary/aromatic N) is 3. The average molecular weight is 1040 g/mol. The fourth-order valence-electron chi connectivity index (χ4n) is 14.7. The zero-order valence-electron chi connectivity index (χ0n) is 50.4. The zero-order chi connectivity index (χ0) is 56.0. The molecule has 0 spiro atoms. The van der Waals surface area contributed by atoms with Crippen molar-refractivity contribution in [3.63, 3.8) is 0 Å². The molecular weight excluding hydrogens is 954 g/mol. The van der Waals surface area contributed by atoms with Gasteiger partial charge in [0.2, 0.25) is 0 Å². The highest BCUT2D eigenvalue weighted by molar-refractivity contribution is 7.00. The Hall–Kier alpha value is -6.78. The van der Waals surface area contributed by atoms with Gasteiger partial charge in [0.25, 0.3) is 6.71 Å². The maximum Gasteiger partial charge on any atom is 0.252 e. The Balaban J connectivity index is 1.28. The van der Waals surface area contributed by atoms with Crippen molar-refractivity contribution in [1.82, 2.24) is 0 Å². The molecule has 4 heteroatoms. The van der Waals surface area contributed by atoms with E-state index in [0.29, 0.717) is 0 Å². The van der Waals surface area contributed by atoms with Gasteiger partial charge in [0.05, 0.1) is 11.4 Å². The molecule has 8 aromatic rings. The lowest BCUT2D eigenvalue weighted by molar-refractivity contribution is 0.0106. The highest BCUT2D eigenvalue weighted by Crippen LogP contribution is 2.66. The summed E-state index contributed by atoms with van der Waals surface area (Å²) in [6.07, 6.45) is 4.72. The number of hydrogen-bond acceptors (Lipinski definition) is 3. The highest BCUT2D eigenvalue weighted by atomic mass is 15.3. The van der Waals surface area contributed by atoms with E-state index < -0.39 is 0 Å². The van der Waals surface area contributed by atoms with E-state index in [-0.39, 0.29) is 44.7 Å². The maximum atomic E-state index is 2.86. The summed E-state index contributed by atoms with van der Waals surface area (Å²) >= 11 is 0. The zero-order valence-corrected chi connectivity index (χ0v) is 50.4. The number of para-hydroxylation sites is 1. The number of anilines is 8. The molecule has 2 unspecified atom stereocenters. The molecule has 8 aromatic carbocycles. The van der Waals surface area contributed by atoms with Crippen LogP contribution in [0.1, 0.15) is 164 Å². The predicted octanol–water partition coefficient (Wildman–Crippen LogP) is 19.1. The van der Waals surface area contributed by atoms with Gasteiger partial charge in [-0.2, -0.15) is 0 Å². The minimum atomic E-state index is -0.202. The third-order valence-electron chi connectivity index (χ3n) is 19.9. The Morgan fingerprint density at radius 1 is 0.380 bits per heavy atom. The number of fused-ring (bicyclic) bond motifs is 6. The molecular formula is C75H84BN3. The monoisotopic (exact) mass is 1040 g/mol. The average Bonchev–Trinajstić information content (AvgIpc) is 1.91. The summed E-state index contributed by atoms with van der Waals surface area (Å²) in [6.45, 7) is 38.6. The summed E-state index contributed by atoms with van der Waals surface area (Å²) in [5.74, 6) is 0. The first kappa shape index (κ1) is 52.9. The van der Waals surface area contributed by atoms with Gasteiger partial charge < -0.3 is 14.7 Å². The summed E-state index contributed by atoms with van der Waals surface area (Å²) in [6, 6.07) is 66.8. The summed E-state index contributed by atoms with van der Waals surface area (Å²) in [4.78, 5) is 8.28. The molecule has 0 aromatic heterocycles. The van der Waals surface area contributed by atoms with E-state index in [0.717, 1.165) is 6.42 Å². The highest BCUT2D eigenvalue weighted by Gasteiger charge is 2.62. The van der Waals surface area contributed by atoms with E-state index in [1.54, 1.807) is 0 Å². The molecule has 0 bridgehead atoms. The van der Waals surface area contributed by atoms with E-state index in [4.69, 9.17) is 0 Å². The lowest BCUT2D eigenvalue weighted by Crippen LogP contribution is -2.67. The molecule has 1 fully saturated rings. The normalized spacial score (nSPS) is 19.5. The quantitative estimate of drug-likeness (QED) is 0.159. The van der Waals surface area contributed by atoms with Crippen LogP contribution in [-0.4, -0.2) is 12.3 Å². The van der Waals surface area contributed by atoms with Crippen molar-refractivity contribution in [3.05, 3.63) is 198 Å². The van der Waals surface area contributed by atoms with Gasteiger partial charge in [0.15, 0.2) is 0 Å². The second kappa shape index (κ2) is 18.1. The first-order chi connectivity index (χ1) is 37.2. The van der Waals surface area contributed by atoms with Crippen LogP contribution in [0.4, 0.5) is 45.5 Å². The van der Waals surface area contributed by atoms with Crippen LogP contribution in [0.5, 0.6) is 0 Å². The fraction of sp³-hybridized carbons (Fsp3) is 0.360. The molecule has 2 atom stereocenters. The van der Waals surface area contributed by atoms with E-state index in [2.05, 4.69) is 295 Å². The molecule has 0 amide bonds. The second-order valence-corrected chi connectivity index (χ2v) is 29.0. The van der Waals surface area contributed by atoms with Gasteiger partial charge in [-0.25, -0.2) is 0 Å². The SMILES string of the molecule is CC(C)(C)c1ccc2c(c1)B1c3ccc(C(C)(C)C)cc3N(c3ccc(C(C)(C)C)cc3-c3ccccc3)c3cc(N4c5ccccc5C(C)(C)C5(C)CCCCC45C)cc(c31)N2c1ccc(C(C)(C)C)cc1-c1ccccc1. The van der Waals surface area contributed by atoms with Crippen molar-refractivity contribution in [1.29, 1.82) is 0 Å². The summed E-state index contributed by atoms with van der Waals surface area (Å²) in [5, 5.41) is 0. The van der Waals surface area contributed by atoms with Gasteiger partial charge in [-0.1, -0.05) is 232 Å².